The number of nitrogens with one attached hydrogen (secondary N) is 1. The second kappa shape index (κ2) is 7.51. The van der Waals surface area contributed by atoms with Crippen molar-refractivity contribution in [3.63, 3.8) is 0 Å². The van der Waals surface area contributed by atoms with Gasteiger partial charge in [-0.1, -0.05) is 18.2 Å². The standard InChI is InChI=1S/C19H21N3O3.ClH/c1-21(15-6-8-20-11-15)19(24)18-14(7-9-25-18)12-22-16-5-3-2-4-13(16)10-17(22)23;/h2-5,7,9,15,20H,6,8,10-12H2,1H3;1H. The highest BCUT2D eigenvalue weighted by Gasteiger charge is 2.31. The fourth-order valence-electron chi connectivity index (χ4n) is 3.60. The first kappa shape index (κ1) is 18.5. The second-order valence-corrected chi connectivity index (χ2v) is 6.62. The molecule has 0 radical (unpaired) electrons. The third-order valence-corrected chi connectivity index (χ3v) is 5.10. The van der Waals surface area contributed by atoms with Gasteiger partial charge in [0.1, 0.15) is 0 Å². The molecule has 7 heteroatoms. The molecule has 1 saturated heterocycles. The quantitative estimate of drug-likeness (QED) is 0.889. The number of amides is 2. The molecule has 0 spiro atoms. The number of benzene rings is 1. The molecule has 1 aromatic carbocycles. The average Bonchev–Trinajstić information content (AvgIpc) is 3.35. The third kappa shape index (κ3) is 3.22. The number of furan rings is 1. The molecule has 1 N–H and O–H groups in total. The minimum atomic E-state index is -0.131. The molecule has 138 valence electrons. The van der Waals surface area contributed by atoms with Gasteiger partial charge in [0.2, 0.25) is 5.91 Å². The first-order chi connectivity index (χ1) is 12.1. The predicted octanol–water partition coefficient (Wildman–Crippen LogP) is 2.22. The van der Waals surface area contributed by atoms with Crippen LogP contribution in [0.1, 0.15) is 28.1 Å². The van der Waals surface area contributed by atoms with E-state index < -0.39 is 0 Å². The van der Waals surface area contributed by atoms with Crippen LogP contribution in [-0.2, 0) is 17.8 Å². The van der Waals surface area contributed by atoms with Gasteiger partial charge in [-0.15, -0.1) is 12.4 Å². The van der Waals surface area contributed by atoms with Crippen LogP contribution >= 0.6 is 12.4 Å². The van der Waals surface area contributed by atoms with Crippen molar-refractivity contribution >= 4 is 29.9 Å². The summed E-state index contributed by atoms with van der Waals surface area (Å²) >= 11 is 0. The Hall–Kier alpha value is -2.31. The summed E-state index contributed by atoms with van der Waals surface area (Å²) in [5, 5.41) is 3.27. The molecule has 1 unspecified atom stereocenters. The Morgan fingerprint density at radius 1 is 1.35 bits per heavy atom. The number of carbonyl (C=O) groups is 2. The number of rotatable bonds is 4. The van der Waals surface area contributed by atoms with E-state index in [2.05, 4.69) is 5.32 Å². The highest BCUT2D eigenvalue weighted by molar-refractivity contribution is 6.01. The summed E-state index contributed by atoms with van der Waals surface area (Å²) in [6.45, 7) is 2.08. The van der Waals surface area contributed by atoms with Crippen molar-refractivity contribution in [3.8, 4) is 0 Å². The van der Waals surface area contributed by atoms with Crippen LogP contribution in [0.4, 0.5) is 5.69 Å². The van der Waals surface area contributed by atoms with E-state index in [1.165, 1.54) is 6.26 Å². The molecule has 3 heterocycles. The summed E-state index contributed by atoms with van der Waals surface area (Å²) < 4.78 is 5.49. The van der Waals surface area contributed by atoms with Gasteiger partial charge in [-0.05, 0) is 30.7 Å². The van der Waals surface area contributed by atoms with E-state index >= 15 is 0 Å². The monoisotopic (exact) mass is 375 g/mol. The fraction of sp³-hybridized carbons (Fsp3) is 0.368. The molecule has 26 heavy (non-hydrogen) atoms. The molecule has 2 aromatic rings. The van der Waals surface area contributed by atoms with Gasteiger partial charge in [-0.2, -0.15) is 0 Å². The van der Waals surface area contributed by atoms with Crippen LogP contribution in [0.25, 0.3) is 0 Å². The Labute approximate surface area is 158 Å². The summed E-state index contributed by atoms with van der Waals surface area (Å²) in [7, 11) is 1.81. The van der Waals surface area contributed by atoms with Crippen molar-refractivity contribution in [3.05, 3.63) is 53.5 Å². The smallest absolute Gasteiger partial charge is 0.289 e. The number of carbonyl (C=O) groups excluding carboxylic acids is 2. The Balaban J connectivity index is 0.00000196. The molecule has 1 atom stereocenters. The number of halogens is 1. The van der Waals surface area contributed by atoms with Crippen molar-refractivity contribution in [2.45, 2.75) is 25.4 Å². The number of nitrogens with zero attached hydrogens (tertiary/aromatic N) is 2. The molecule has 2 amide bonds. The van der Waals surface area contributed by atoms with Crippen LogP contribution in [0.3, 0.4) is 0 Å². The number of fused-ring (bicyclic) bond motifs is 1. The van der Waals surface area contributed by atoms with Gasteiger partial charge in [-0.3, -0.25) is 9.59 Å². The minimum Gasteiger partial charge on any atom is -0.459 e. The maximum absolute atomic E-state index is 12.8. The largest absolute Gasteiger partial charge is 0.459 e. The predicted molar refractivity (Wildman–Crippen MR) is 101 cm³/mol. The molecule has 2 aliphatic rings. The Kier molecular flexibility index (Phi) is 5.34. The van der Waals surface area contributed by atoms with Crippen molar-refractivity contribution < 1.29 is 14.0 Å². The lowest BCUT2D eigenvalue weighted by molar-refractivity contribution is -0.117. The average molecular weight is 376 g/mol. The second-order valence-electron chi connectivity index (χ2n) is 6.62. The molecular formula is C19H22ClN3O3. The van der Waals surface area contributed by atoms with Gasteiger partial charge < -0.3 is 19.5 Å². The SMILES string of the molecule is CN(C(=O)c1occc1CN1C(=O)Cc2ccccc21)C1CCNC1.Cl. The Morgan fingerprint density at radius 2 is 2.15 bits per heavy atom. The molecule has 0 aliphatic carbocycles. The normalized spacial score (nSPS) is 18.6. The highest BCUT2D eigenvalue weighted by atomic mass is 35.5. The first-order valence-electron chi connectivity index (χ1n) is 8.57. The van der Waals surface area contributed by atoms with Crippen LogP contribution in [0.5, 0.6) is 0 Å². The lowest BCUT2D eigenvalue weighted by Gasteiger charge is -2.24. The zero-order valence-corrected chi connectivity index (χ0v) is 15.4. The van der Waals surface area contributed by atoms with Gasteiger partial charge in [0.25, 0.3) is 5.91 Å². The molecule has 6 nitrogen and oxygen atoms in total. The van der Waals surface area contributed by atoms with E-state index in [0.717, 1.165) is 36.3 Å². The molecule has 0 bridgehead atoms. The zero-order chi connectivity index (χ0) is 17.4. The number of likely N-dealkylation sites (N-methyl/N-ethyl adjacent to an activating group) is 1. The van der Waals surface area contributed by atoms with Crippen LogP contribution in [0.2, 0.25) is 0 Å². The van der Waals surface area contributed by atoms with Gasteiger partial charge in [0.05, 0.1) is 19.2 Å². The van der Waals surface area contributed by atoms with Crippen molar-refractivity contribution in [1.29, 1.82) is 0 Å². The number of para-hydroxylation sites is 1. The molecular weight excluding hydrogens is 354 g/mol. The van der Waals surface area contributed by atoms with E-state index in [0.29, 0.717) is 18.7 Å². The number of hydrogen-bond acceptors (Lipinski definition) is 4. The van der Waals surface area contributed by atoms with Crippen molar-refractivity contribution in [2.24, 2.45) is 0 Å². The van der Waals surface area contributed by atoms with Crippen LogP contribution in [0.15, 0.2) is 41.0 Å². The summed E-state index contributed by atoms with van der Waals surface area (Å²) in [4.78, 5) is 28.7. The maximum atomic E-state index is 12.8. The zero-order valence-electron chi connectivity index (χ0n) is 14.6. The van der Waals surface area contributed by atoms with E-state index in [1.807, 2.05) is 31.3 Å². The highest BCUT2D eigenvalue weighted by Crippen LogP contribution is 2.30. The molecule has 1 fully saturated rings. The lowest BCUT2D eigenvalue weighted by atomic mass is 10.1. The number of anilines is 1. The Bertz CT molecular complexity index is 814. The van der Waals surface area contributed by atoms with Crippen molar-refractivity contribution in [2.75, 3.05) is 25.0 Å². The van der Waals surface area contributed by atoms with Crippen LogP contribution in [0, 0.1) is 0 Å². The van der Waals surface area contributed by atoms with E-state index in [1.54, 1.807) is 15.9 Å². The summed E-state index contributed by atoms with van der Waals surface area (Å²) in [5.41, 5.74) is 2.69. The van der Waals surface area contributed by atoms with Gasteiger partial charge >= 0.3 is 0 Å². The van der Waals surface area contributed by atoms with E-state index in [-0.39, 0.29) is 30.3 Å². The van der Waals surface area contributed by atoms with Gasteiger partial charge in [0, 0.05) is 30.9 Å². The maximum Gasteiger partial charge on any atom is 0.289 e. The molecule has 0 saturated carbocycles. The van der Waals surface area contributed by atoms with Gasteiger partial charge in [-0.25, -0.2) is 0 Å². The van der Waals surface area contributed by atoms with Crippen LogP contribution in [-0.4, -0.2) is 42.9 Å². The summed E-state index contributed by atoms with van der Waals surface area (Å²) in [5.74, 6) is 0.245. The lowest BCUT2D eigenvalue weighted by Crippen LogP contribution is -2.38. The van der Waals surface area contributed by atoms with Crippen LogP contribution < -0.4 is 10.2 Å². The van der Waals surface area contributed by atoms with E-state index in [9.17, 15) is 9.59 Å². The topological polar surface area (TPSA) is 65.8 Å². The number of hydrogen-bond donors (Lipinski definition) is 1. The molecule has 2 aliphatic heterocycles. The van der Waals surface area contributed by atoms with Gasteiger partial charge in [0.15, 0.2) is 5.76 Å². The molecule has 1 aromatic heterocycles. The third-order valence-electron chi connectivity index (χ3n) is 5.10. The Morgan fingerprint density at radius 3 is 2.92 bits per heavy atom. The molecule has 4 rings (SSSR count). The van der Waals surface area contributed by atoms with Crippen molar-refractivity contribution in [1.82, 2.24) is 10.2 Å². The summed E-state index contributed by atoms with van der Waals surface area (Å²) in [6, 6.07) is 9.73. The fourth-order valence-corrected chi connectivity index (χ4v) is 3.60. The first-order valence-corrected chi connectivity index (χ1v) is 8.57. The minimum absolute atomic E-state index is 0. The summed E-state index contributed by atoms with van der Waals surface area (Å²) in [6.07, 6.45) is 2.87. The van der Waals surface area contributed by atoms with E-state index in [4.69, 9.17) is 4.42 Å².